The molecule has 0 radical (unpaired) electrons. The number of para-hydroxylation sites is 1. The summed E-state index contributed by atoms with van der Waals surface area (Å²) in [5.74, 6) is 0.248. The van der Waals surface area contributed by atoms with Crippen LogP contribution in [0.3, 0.4) is 0 Å². The maximum Gasteiger partial charge on any atom is 0.271 e. The van der Waals surface area contributed by atoms with Gasteiger partial charge in [-0.3, -0.25) is 20.4 Å². The number of hydrogen-bond donors (Lipinski definition) is 3. The van der Waals surface area contributed by atoms with Crippen LogP contribution < -0.4 is 10.9 Å². The zero-order chi connectivity index (χ0) is 19.5. The Kier molecular flexibility index (Phi) is 4.63. The van der Waals surface area contributed by atoms with Gasteiger partial charge in [-0.15, -0.1) is 0 Å². The molecule has 2 aromatic carbocycles. The maximum atomic E-state index is 12.4. The van der Waals surface area contributed by atoms with Crippen molar-refractivity contribution >= 4 is 22.7 Å². The minimum atomic E-state index is -0.396. The van der Waals surface area contributed by atoms with Gasteiger partial charge in [0, 0.05) is 22.7 Å². The van der Waals surface area contributed by atoms with Crippen molar-refractivity contribution in [3.63, 3.8) is 0 Å². The molecule has 2 aromatic heterocycles. The van der Waals surface area contributed by atoms with Crippen molar-refractivity contribution in [3.05, 3.63) is 77.8 Å². The molecule has 0 saturated carbocycles. The third-order valence-electron chi connectivity index (χ3n) is 4.39. The van der Waals surface area contributed by atoms with Crippen LogP contribution in [0.15, 0.2) is 65.2 Å². The fourth-order valence-electron chi connectivity index (χ4n) is 2.95. The first-order chi connectivity index (χ1) is 13.6. The molecule has 0 aliphatic rings. The summed E-state index contributed by atoms with van der Waals surface area (Å²) >= 11 is 0. The van der Waals surface area contributed by atoms with E-state index in [1.807, 2.05) is 54.6 Å². The van der Waals surface area contributed by atoms with Gasteiger partial charge in [-0.2, -0.15) is 0 Å². The molecule has 0 unspecified atom stereocenters. The molecule has 2 amide bonds. The Bertz CT molecular complexity index is 1140. The number of carbonyl (C=O) groups is 2. The Labute approximate surface area is 160 Å². The van der Waals surface area contributed by atoms with Crippen molar-refractivity contribution < 1.29 is 14.0 Å². The number of rotatable bonds is 4. The molecule has 0 spiro atoms. The van der Waals surface area contributed by atoms with Crippen LogP contribution in [0, 0.1) is 6.92 Å². The number of oxazole rings is 1. The number of aryl methyl sites for hydroxylation is 1. The third-order valence-corrected chi connectivity index (χ3v) is 4.39. The number of nitrogens with one attached hydrogen (secondary N) is 3. The molecule has 4 rings (SSSR count). The topological polar surface area (TPSA) is 100 Å². The molecule has 0 bridgehead atoms. The Morgan fingerprint density at radius 3 is 2.61 bits per heavy atom. The van der Waals surface area contributed by atoms with Gasteiger partial charge in [0.1, 0.15) is 5.76 Å². The molecule has 0 fully saturated rings. The predicted molar refractivity (Wildman–Crippen MR) is 104 cm³/mol. The number of nitrogens with zero attached hydrogens (tertiary/aromatic N) is 1. The Morgan fingerprint density at radius 2 is 1.79 bits per heavy atom. The standard InChI is InChI=1S/C21H18N4O3/c1-13-18(23-21(28-13)14-7-3-2-4-8-14)11-19(26)24-25-20(27)16-12-22-17-10-6-5-9-15(16)17/h2-10,12,22H,11H2,1H3,(H,24,26)(H,25,27). The molecule has 3 N–H and O–H groups in total. The fraction of sp³-hybridized carbons (Fsp3) is 0.0952. The monoisotopic (exact) mass is 374 g/mol. The van der Waals surface area contributed by atoms with Gasteiger partial charge in [0.2, 0.25) is 11.8 Å². The number of hydrogen-bond acceptors (Lipinski definition) is 4. The quantitative estimate of drug-likeness (QED) is 0.478. The van der Waals surface area contributed by atoms with Crippen LogP contribution in [0.25, 0.3) is 22.4 Å². The molecule has 0 aliphatic heterocycles. The molecule has 2 heterocycles. The molecule has 7 heteroatoms. The number of aromatic nitrogens is 2. The van der Waals surface area contributed by atoms with E-state index in [4.69, 9.17) is 4.42 Å². The number of amides is 2. The molecule has 0 saturated heterocycles. The Hall–Kier alpha value is -3.87. The zero-order valence-corrected chi connectivity index (χ0v) is 15.2. The van der Waals surface area contributed by atoms with E-state index in [1.165, 1.54) is 0 Å². The van der Waals surface area contributed by atoms with Gasteiger partial charge >= 0.3 is 0 Å². The lowest BCUT2D eigenvalue weighted by atomic mass is 10.2. The van der Waals surface area contributed by atoms with Crippen molar-refractivity contribution in [3.8, 4) is 11.5 Å². The molecular formula is C21H18N4O3. The van der Waals surface area contributed by atoms with Crippen LogP contribution in [0.2, 0.25) is 0 Å². The van der Waals surface area contributed by atoms with Gasteiger partial charge in [-0.25, -0.2) is 4.98 Å². The van der Waals surface area contributed by atoms with Crippen LogP contribution in [0.4, 0.5) is 0 Å². The van der Waals surface area contributed by atoms with Crippen molar-refractivity contribution in [1.29, 1.82) is 0 Å². The van der Waals surface area contributed by atoms with E-state index < -0.39 is 5.91 Å². The van der Waals surface area contributed by atoms with Crippen LogP contribution in [0.5, 0.6) is 0 Å². The van der Waals surface area contributed by atoms with Gasteiger partial charge in [0.15, 0.2) is 0 Å². The average molecular weight is 374 g/mol. The number of carbonyl (C=O) groups excluding carboxylic acids is 2. The molecule has 140 valence electrons. The van der Waals surface area contributed by atoms with Gasteiger partial charge in [-0.05, 0) is 25.1 Å². The third kappa shape index (κ3) is 3.50. The van der Waals surface area contributed by atoms with E-state index in [0.29, 0.717) is 22.9 Å². The predicted octanol–water partition coefficient (Wildman–Crippen LogP) is 3.14. The highest BCUT2D eigenvalue weighted by molar-refractivity contribution is 6.07. The van der Waals surface area contributed by atoms with E-state index in [1.54, 1.807) is 13.1 Å². The highest BCUT2D eigenvalue weighted by Crippen LogP contribution is 2.21. The molecule has 4 aromatic rings. The summed E-state index contributed by atoms with van der Waals surface area (Å²) in [5, 5.41) is 0.786. The van der Waals surface area contributed by atoms with Gasteiger partial charge < -0.3 is 9.40 Å². The Balaban J connectivity index is 1.40. The largest absolute Gasteiger partial charge is 0.441 e. The summed E-state index contributed by atoms with van der Waals surface area (Å²) in [7, 11) is 0. The van der Waals surface area contributed by atoms with Crippen LogP contribution in [-0.4, -0.2) is 21.8 Å². The second kappa shape index (κ2) is 7.40. The first-order valence-electron chi connectivity index (χ1n) is 8.79. The van der Waals surface area contributed by atoms with E-state index in [9.17, 15) is 9.59 Å². The molecule has 0 aliphatic carbocycles. The second-order valence-electron chi connectivity index (χ2n) is 6.31. The molecule has 0 atom stereocenters. The number of H-pyrrole nitrogens is 1. The molecular weight excluding hydrogens is 356 g/mol. The fourth-order valence-corrected chi connectivity index (χ4v) is 2.95. The number of aromatic amines is 1. The van der Waals surface area contributed by atoms with Crippen molar-refractivity contribution in [2.45, 2.75) is 13.3 Å². The minimum Gasteiger partial charge on any atom is -0.441 e. The van der Waals surface area contributed by atoms with E-state index >= 15 is 0 Å². The number of fused-ring (bicyclic) bond motifs is 1. The van der Waals surface area contributed by atoms with E-state index in [-0.39, 0.29) is 12.3 Å². The van der Waals surface area contributed by atoms with Crippen molar-refractivity contribution in [2.75, 3.05) is 0 Å². The lowest BCUT2D eigenvalue weighted by Gasteiger charge is -2.06. The normalized spacial score (nSPS) is 10.8. The zero-order valence-electron chi connectivity index (χ0n) is 15.2. The van der Waals surface area contributed by atoms with E-state index in [2.05, 4.69) is 20.8 Å². The van der Waals surface area contributed by atoms with Crippen LogP contribution in [0.1, 0.15) is 21.8 Å². The highest BCUT2D eigenvalue weighted by Gasteiger charge is 2.16. The van der Waals surface area contributed by atoms with Crippen molar-refractivity contribution in [2.24, 2.45) is 0 Å². The van der Waals surface area contributed by atoms with Gasteiger partial charge in [-0.1, -0.05) is 36.4 Å². The van der Waals surface area contributed by atoms with Gasteiger partial charge in [0.25, 0.3) is 5.91 Å². The first-order valence-corrected chi connectivity index (χ1v) is 8.79. The lowest BCUT2D eigenvalue weighted by Crippen LogP contribution is -2.42. The maximum absolute atomic E-state index is 12.4. The lowest BCUT2D eigenvalue weighted by molar-refractivity contribution is -0.121. The summed E-state index contributed by atoms with van der Waals surface area (Å²) in [4.78, 5) is 32.0. The van der Waals surface area contributed by atoms with Crippen molar-refractivity contribution in [1.82, 2.24) is 20.8 Å². The second-order valence-corrected chi connectivity index (χ2v) is 6.31. The smallest absolute Gasteiger partial charge is 0.271 e. The molecule has 28 heavy (non-hydrogen) atoms. The Morgan fingerprint density at radius 1 is 1.04 bits per heavy atom. The highest BCUT2D eigenvalue weighted by atomic mass is 16.4. The van der Waals surface area contributed by atoms with E-state index in [0.717, 1.165) is 16.5 Å². The number of benzene rings is 2. The minimum absolute atomic E-state index is 0.00364. The summed E-state index contributed by atoms with van der Waals surface area (Å²) in [6, 6.07) is 16.9. The van der Waals surface area contributed by atoms with Gasteiger partial charge in [0.05, 0.1) is 17.7 Å². The summed E-state index contributed by atoms with van der Waals surface area (Å²) < 4.78 is 5.65. The van der Waals surface area contributed by atoms with Crippen LogP contribution >= 0.6 is 0 Å². The SMILES string of the molecule is Cc1oc(-c2ccccc2)nc1CC(=O)NNC(=O)c1c[nH]c2ccccc12. The van der Waals surface area contributed by atoms with Crippen LogP contribution in [-0.2, 0) is 11.2 Å². The summed E-state index contributed by atoms with van der Waals surface area (Å²) in [6.07, 6.45) is 1.61. The number of hydrazine groups is 1. The average Bonchev–Trinajstić information content (AvgIpc) is 3.31. The molecule has 7 nitrogen and oxygen atoms in total. The summed E-state index contributed by atoms with van der Waals surface area (Å²) in [6.45, 7) is 1.76. The summed E-state index contributed by atoms with van der Waals surface area (Å²) in [5.41, 5.74) is 7.54. The first kappa shape index (κ1) is 17.5.